The van der Waals surface area contributed by atoms with Gasteiger partial charge in [-0.2, -0.15) is 0 Å². The summed E-state index contributed by atoms with van der Waals surface area (Å²) < 4.78 is 9.58. The van der Waals surface area contributed by atoms with Gasteiger partial charge in [0, 0.05) is 24.3 Å². The number of hydrogen-bond donors (Lipinski definition) is 8. The Labute approximate surface area is 184 Å². The lowest BCUT2D eigenvalue weighted by Gasteiger charge is -2.10. The number of aliphatic carboxylic acids is 4. The Hall–Kier alpha value is -2.88. The zero-order valence-corrected chi connectivity index (χ0v) is 17.7. The molecule has 14 nitrogen and oxygen atoms in total. The normalized spacial score (nSPS) is 11.7. The van der Waals surface area contributed by atoms with Crippen LogP contribution in [0, 0.1) is 0 Å². The number of hydrogen-bond acceptors (Lipinski definition) is 10. The molecule has 0 saturated heterocycles. The molecule has 0 heterocycles. The molecule has 14 heteroatoms. The van der Waals surface area contributed by atoms with Crippen LogP contribution in [0.3, 0.4) is 0 Å². The monoisotopic (exact) mass is 472 g/mol. The van der Waals surface area contributed by atoms with Gasteiger partial charge in [-0.3, -0.25) is 0 Å². The standard InChI is InChI=1S/C6H14O3.2C4H4O4.C4H10O3/c1-5(8)4-9-6(2)3-7;2*5-3(6)1-2-4(7)8;5-1-3-7-4-2-6/h5-8H,3-4H2,1-2H3;2*1-2H,(H,5,6)(H,7,8);5-6H,1-4H2. The highest BCUT2D eigenvalue weighted by atomic mass is 16.5. The van der Waals surface area contributed by atoms with Crippen molar-refractivity contribution < 1.29 is 69.5 Å². The van der Waals surface area contributed by atoms with Crippen LogP contribution in [0.4, 0.5) is 0 Å². The number of ether oxygens (including phenoxy) is 2. The van der Waals surface area contributed by atoms with E-state index < -0.39 is 30.0 Å². The fourth-order valence-corrected chi connectivity index (χ4v) is 0.873. The molecule has 0 spiro atoms. The van der Waals surface area contributed by atoms with E-state index in [1.807, 2.05) is 0 Å². The predicted octanol–water partition coefficient (Wildman–Crippen LogP) is -1.82. The summed E-state index contributed by atoms with van der Waals surface area (Å²) in [6.45, 7) is 4.39. The molecule has 0 radical (unpaired) electrons. The van der Waals surface area contributed by atoms with Gasteiger partial charge >= 0.3 is 23.9 Å². The minimum atomic E-state index is -1.26. The van der Waals surface area contributed by atoms with Crippen molar-refractivity contribution in [1.29, 1.82) is 0 Å². The van der Waals surface area contributed by atoms with Gasteiger partial charge in [0.05, 0.1) is 51.8 Å². The first-order valence-corrected chi connectivity index (χ1v) is 8.81. The van der Waals surface area contributed by atoms with E-state index in [0.29, 0.717) is 44.1 Å². The maximum Gasteiger partial charge on any atom is 0.328 e. The van der Waals surface area contributed by atoms with Crippen molar-refractivity contribution in [1.82, 2.24) is 0 Å². The highest BCUT2D eigenvalue weighted by Crippen LogP contribution is 1.90. The third-order valence-electron chi connectivity index (χ3n) is 2.09. The van der Waals surface area contributed by atoms with Crippen molar-refractivity contribution in [3.8, 4) is 0 Å². The molecule has 0 saturated carbocycles. The van der Waals surface area contributed by atoms with Gasteiger partial charge in [0.15, 0.2) is 0 Å². The molecular formula is C18H32O14. The first-order chi connectivity index (χ1) is 14.8. The highest BCUT2D eigenvalue weighted by Gasteiger charge is 2.00. The summed E-state index contributed by atoms with van der Waals surface area (Å²) in [6.07, 6.45) is 1.62. The molecule has 2 unspecified atom stereocenters. The molecule has 0 rings (SSSR count). The van der Waals surface area contributed by atoms with Crippen molar-refractivity contribution >= 4 is 23.9 Å². The van der Waals surface area contributed by atoms with Crippen LogP contribution >= 0.6 is 0 Å². The van der Waals surface area contributed by atoms with Crippen molar-refractivity contribution in [2.24, 2.45) is 0 Å². The minimum Gasteiger partial charge on any atom is -0.478 e. The van der Waals surface area contributed by atoms with Crippen LogP contribution in [0.2, 0.25) is 0 Å². The molecule has 0 aromatic carbocycles. The topological polar surface area (TPSA) is 249 Å². The van der Waals surface area contributed by atoms with E-state index in [-0.39, 0.29) is 25.9 Å². The number of carboxylic acids is 4. The fourth-order valence-electron chi connectivity index (χ4n) is 0.873. The van der Waals surface area contributed by atoms with Gasteiger partial charge in [0.25, 0.3) is 0 Å². The number of aliphatic hydroxyl groups excluding tert-OH is 4. The number of rotatable bonds is 12. The van der Waals surface area contributed by atoms with Gasteiger partial charge in [0.1, 0.15) is 0 Å². The Morgan fingerprint density at radius 2 is 1.03 bits per heavy atom. The summed E-state index contributed by atoms with van der Waals surface area (Å²) in [5.41, 5.74) is 0. The minimum absolute atomic E-state index is 0.00667. The molecule has 0 aromatic rings. The number of carboxylic acid groups (broad SMARTS) is 4. The van der Waals surface area contributed by atoms with Gasteiger partial charge in [0.2, 0.25) is 0 Å². The zero-order valence-electron chi connectivity index (χ0n) is 17.7. The van der Waals surface area contributed by atoms with Crippen LogP contribution in [0.25, 0.3) is 0 Å². The van der Waals surface area contributed by atoms with Crippen molar-refractivity contribution in [2.75, 3.05) is 39.6 Å². The third-order valence-corrected chi connectivity index (χ3v) is 2.09. The molecule has 0 aliphatic carbocycles. The molecular weight excluding hydrogens is 440 g/mol. The molecule has 0 aliphatic heterocycles. The van der Waals surface area contributed by atoms with Crippen LogP contribution < -0.4 is 0 Å². The average Bonchev–Trinajstić information content (AvgIpc) is 2.70. The van der Waals surface area contributed by atoms with Crippen LogP contribution in [0.5, 0.6) is 0 Å². The Morgan fingerprint density at radius 1 is 0.719 bits per heavy atom. The van der Waals surface area contributed by atoms with E-state index in [1.165, 1.54) is 0 Å². The molecule has 0 bridgehead atoms. The number of aliphatic hydroxyl groups is 4. The van der Waals surface area contributed by atoms with E-state index >= 15 is 0 Å². The summed E-state index contributed by atoms with van der Waals surface area (Å²) in [6, 6.07) is 0. The van der Waals surface area contributed by atoms with Crippen LogP contribution in [0.1, 0.15) is 13.8 Å². The summed E-state index contributed by atoms with van der Waals surface area (Å²) in [4.78, 5) is 38.2. The average molecular weight is 472 g/mol. The Kier molecular flexibility index (Phi) is 32.1. The first-order valence-electron chi connectivity index (χ1n) is 8.81. The molecule has 0 amide bonds. The van der Waals surface area contributed by atoms with Crippen molar-refractivity contribution in [3.05, 3.63) is 24.3 Å². The van der Waals surface area contributed by atoms with E-state index in [1.54, 1.807) is 13.8 Å². The van der Waals surface area contributed by atoms with Gasteiger partial charge in [-0.05, 0) is 13.8 Å². The second-order valence-corrected chi connectivity index (χ2v) is 5.25. The third kappa shape index (κ3) is 56.4. The van der Waals surface area contributed by atoms with E-state index in [4.69, 9.17) is 45.6 Å². The summed E-state index contributed by atoms with van der Waals surface area (Å²) in [7, 11) is 0. The molecule has 32 heavy (non-hydrogen) atoms. The van der Waals surface area contributed by atoms with Crippen molar-refractivity contribution in [2.45, 2.75) is 26.1 Å². The van der Waals surface area contributed by atoms with E-state index in [0.717, 1.165) is 0 Å². The lowest BCUT2D eigenvalue weighted by Crippen LogP contribution is -2.19. The highest BCUT2D eigenvalue weighted by molar-refractivity contribution is 5.90. The maximum absolute atomic E-state index is 9.55. The van der Waals surface area contributed by atoms with Crippen LogP contribution in [-0.2, 0) is 28.7 Å². The lowest BCUT2D eigenvalue weighted by molar-refractivity contribution is -0.134. The van der Waals surface area contributed by atoms with Gasteiger partial charge in [-0.15, -0.1) is 0 Å². The number of carbonyl (C=O) groups is 4. The second-order valence-electron chi connectivity index (χ2n) is 5.25. The second kappa shape index (κ2) is 28.1. The largest absolute Gasteiger partial charge is 0.478 e. The molecule has 0 aromatic heterocycles. The molecule has 8 N–H and O–H groups in total. The summed E-state index contributed by atoms with van der Waals surface area (Å²) in [5.74, 6) is -5.03. The Balaban J connectivity index is -0.000000164. The maximum atomic E-state index is 9.55. The molecule has 0 aliphatic rings. The fraction of sp³-hybridized carbons (Fsp3) is 0.556. The predicted molar refractivity (Wildman–Crippen MR) is 108 cm³/mol. The van der Waals surface area contributed by atoms with E-state index in [2.05, 4.69) is 4.74 Å². The smallest absolute Gasteiger partial charge is 0.328 e. The molecule has 2 atom stereocenters. The van der Waals surface area contributed by atoms with Gasteiger partial charge < -0.3 is 50.3 Å². The summed E-state index contributed by atoms with van der Waals surface area (Å²) in [5, 5.41) is 64.6. The van der Waals surface area contributed by atoms with Gasteiger partial charge in [-0.25, -0.2) is 19.2 Å². The Morgan fingerprint density at radius 3 is 1.22 bits per heavy atom. The van der Waals surface area contributed by atoms with Crippen LogP contribution in [-0.4, -0.2) is 117 Å². The first kappa shape index (κ1) is 36.5. The van der Waals surface area contributed by atoms with Gasteiger partial charge in [-0.1, -0.05) is 0 Å². The molecule has 188 valence electrons. The molecule has 0 fully saturated rings. The quantitative estimate of drug-likeness (QED) is 0.115. The zero-order chi connectivity index (χ0) is 25.9. The summed E-state index contributed by atoms with van der Waals surface area (Å²) >= 11 is 0. The lowest BCUT2D eigenvalue weighted by atomic mass is 10.4. The van der Waals surface area contributed by atoms with E-state index in [9.17, 15) is 19.2 Å². The SMILES string of the molecule is CC(O)COC(C)CO.O=C(O)C=CC(=O)O.O=C(O)C=CC(=O)O.OCCOCCO. The van der Waals surface area contributed by atoms with Crippen LogP contribution in [0.15, 0.2) is 24.3 Å². The van der Waals surface area contributed by atoms with Crippen molar-refractivity contribution in [3.63, 3.8) is 0 Å². The Bertz CT molecular complexity index is 472.